The maximum Gasteiger partial charge on any atom is 0.261 e. The highest BCUT2D eigenvalue weighted by Crippen LogP contribution is 2.31. The lowest BCUT2D eigenvalue weighted by molar-refractivity contribution is 0.0631. The first-order chi connectivity index (χ1) is 14.6. The Balaban J connectivity index is 1.36. The Labute approximate surface area is 172 Å². The van der Waals surface area contributed by atoms with E-state index in [0.717, 1.165) is 30.6 Å². The predicted octanol–water partition coefficient (Wildman–Crippen LogP) is 3.64. The molecule has 3 heterocycles. The summed E-state index contributed by atoms with van der Waals surface area (Å²) in [7, 11) is 0. The number of anilines is 1. The molecule has 1 N–H and O–H groups in total. The van der Waals surface area contributed by atoms with Gasteiger partial charge in [-0.3, -0.25) is 19.3 Å². The van der Waals surface area contributed by atoms with Crippen LogP contribution >= 0.6 is 0 Å². The average Bonchev–Trinajstić information content (AvgIpc) is 3.54. The van der Waals surface area contributed by atoms with E-state index in [1.54, 1.807) is 30.5 Å². The van der Waals surface area contributed by atoms with E-state index in [2.05, 4.69) is 10.4 Å². The van der Waals surface area contributed by atoms with Crippen molar-refractivity contribution in [1.82, 2.24) is 14.7 Å². The molecule has 1 fully saturated rings. The third-order valence-electron chi connectivity index (χ3n) is 5.71. The van der Waals surface area contributed by atoms with Gasteiger partial charge < -0.3 is 9.73 Å². The van der Waals surface area contributed by atoms with Gasteiger partial charge in [0.15, 0.2) is 0 Å². The van der Waals surface area contributed by atoms with Gasteiger partial charge in [-0.05, 0) is 43.2 Å². The van der Waals surface area contributed by atoms with Gasteiger partial charge in [0.1, 0.15) is 11.6 Å². The number of fused-ring (bicyclic) bond motifs is 1. The number of nitrogens with one attached hydrogen (secondary N) is 1. The SMILES string of the molecule is O=C(Nc1ccnn1C1CCCC1)c1ccc2c(c1)C(=O)N(Cc1ccco1)C2=O. The van der Waals surface area contributed by atoms with Crippen molar-refractivity contribution in [3.63, 3.8) is 0 Å². The molecule has 1 saturated carbocycles. The summed E-state index contributed by atoms with van der Waals surface area (Å²) in [6.45, 7) is 0.0570. The molecule has 8 heteroatoms. The van der Waals surface area contributed by atoms with E-state index in [-0.39, 0.29) is 18.0 Å². The van der Waals surface area contributed by atoms with Gasteiger partial charge in [-0.15, -0.1) is 0 Å². The van der Waals surface area contributed by atoms with Gasteiger partial charge in [0.05, 0.1) is 36.2 Å². The van der Waals surface area contributed by atoms with Crippen LogP contribution in [0.4, 0.5) is 5.82 Å². The summed E-state index contributed by atoms with van der Waals surface area (Å²) in [5.74, 6) is -0.0195. The van der Waals surface area contributed by atoms with Crippen LogP contribution in [0.2, 0.25) is 0 Å². The van der Waals surface area contributed by atoms with Gasteiger partial charge in [0.25, 0.3) is 17.7 Å². The maximum absolute atomic E-state index is 12.8. The lowest BCUT2D eigenvalue weighted by Gasteiger charge is -2.14. The molecule has 0 atom stereocenters. The van der Waals surface area contributed by atoms with Crippen molar-refractivity contribution in [2.75, 3.05) is 5.32 Å². The van der Waals surface area contributed by atoms with Crippen molar-refractivity contribution in [3.8, 4) is 0 Å². The number of furan rings is 1. The van der Waals surface area contributed by atoms with Crippen molar-refractivity contribution >= 4 is 23.5 Å². The zero-order chi connectivity index (χ0) is 20.7. The molecule has 0 radical (unpaired) electrons. The van der Waals surface area contributed by atoms with E-state index in [9.17, 15) is 14.4 Å². The minimum atomic E-state index is -0.433. The van der Waals surface area contributed by atoms with Crippen LogP contribution in [0.3, 0.4) is 0 Å². The highest BCUT2D eigenvalue weighted by atomic mass is 16.3. The molecular formula is C22H20N4O4. The van der Waals surface area contributed by atoms with Crippen molar-refractivity contribution in [3.05, 3.63) is 71.3 Å². The van der Waals surface area contributed by atoms with E-state index in [4.69, 9.17) is 4.42 Å². The fourth-order valence-electron chi connectivity index (χ4n) is 4.18. The van der Waals surface area contributed by atoms with E-state index in [0.29, 0.717) is 28.7 Å². The minimum Gasteiger partial charge on any atom is -0.467 e. The summed E-state index contributed by atoms with van der Waals surface area (Å²) < 4.78 is 7.11. The van der Waals surface area contributed by atoms with E-state index in [1.807, 2.05) is 4.68 Å². The van der Waals surface area contributed by atoms with Crippen molar-refractivity contribution in [1.29, 1.82) is 0 Å². The zero-order valence-electron chi connectivity index (χ0n) is 16.2. The quantitative estimate of drug-likeness (QED) is 0.655. The maximum atomic E-state index is 12.8. The van der Waals surface area contributed by atoms with Crippen LogP contribution in [-0.2, 0) is 6.54 Å². The van der Waals surface area contributed by atoms with E-state index in [1.165, 1.54) is 18.4 Å². The summed E-state index contributed by atoms with van der Waals surface area (Å²) >= 11 is 0. The van der Waals surface area contributed by atoms with Crippen LogP contribution in [0.1, 0.15) is 68.6 Å². The largest absolute Gasteiger partial charge is 0.467 e. The number of nitrogens with zero attached hydrogens (tertiary/aromatic N) is 3. The summed E-state index contributed by atoms with van der Waals surface area (Å²) in [6.07, 6.45) is 7.58. The number of carbonyl (C=O) groups is 3. The summed E-state index contributed by atoms with van der Waals surface area (Å²) in [5.41, 5.74) is 0.830. The molecular weight excluding hydrogens is 384 g/mol. The van der Waals surface area contributed by atoms with Crippen LogP contribution in [0.5, 0.6) is 0 Å². The van der Waals surface area contributed by atoms with Crippen molar-refractivity contribution < 1.29 is 18.8 Å². The Kier molecular flexibility index (Phi) is 4.46. The lowest BCUT2D eigenvalue weighted by atomic mass is 10.1. The number of amides is 3. The molecule has 1 aliphatic heterocycles. The molecule has 1 aliphatic carbocycles. The van der Waals surface area contributed by atoms with Crippen LogP contribution in [0.15, 0.2) is 53.3 Å². The minimum absolute atomic E-state index is 0.0570. The number of rotatable bonds is 5. The molecule has 1 aromatic carbocycles. The normalized spacial score (nSPS) is 16.3. The second-order valence-electron chi connectivity index (χ2n) is 7.59. The molecule has 152 valence electrons. The van der Waals surface area contributed by atoms with Gasteiger partial charge >= 0.3 is 0 Å². The van der Waals surface area contributed by atoms with Crippen LogP contribution in [-0.4, -0.2) is 32.4 Å². The smallest absolute Gasteiger partial charge is 0.261 e. The van der Waals surface area contributed by atoms with Gasteiger partial charge in [-0.2, -0.15) is 5.10 Å². The summed E-state index contributed by atoms with van der Waals surface area (Å²) in [4.78, 5) is 39.3. The van der Waals surface area contributed by atoms with Crippen LogP contribution in [0.25, 0.3) is 0 Å². The molecule has 2 aromatic heterocycles. The first-order valence-corrected chi connectivity index (χ1v) is 9.99. The number of imide groups is 1. The summed E-state index contributed by atoms with van der Waals surface area (Å²) in [5, 5.41) is 7.24. The first kappa shape index (κ1) is 18.4. The van der Waals surface area contributed by atoms with Gasteiger partial charge in [0, 0.05) is 11.6 Å². The zero-order valence-corrected chi connectivity index (χ0v) is 16.2. The average molecular weight is 404 g/mol. The molecule has 8 nitrogen and oxygen atoms in total. The lowest BCUT2D eigenvalue weighted by Crippen LogP contribution is -2.28. The predicted molar refractivity (Wildman–Crippen MR) is 107 cm³/mol. The fourth-order valence-corrected chi connectivity index (χ4v) is 4.18. The molecule has 30 heavy (non-hydrogen) atoms. The Morgan fingerprint density at radius 3 is 2.67 bits per heavy atom. The standard InChI is InChI=1S/C22H20N4O4/c27-20(24-19-9-10-23-26(19)15-4-1-2-5-15)14-7-8-17-18(12-14)22(29)25(21(17)28)13-16-6-3-11-30-16/h3,6-12,15H,1-2,4-5,13H2,(H,24,27). The topological polar surface area (TPSA) is 97.4 Å². The Bertz CT molecular complexity index is 1130. The number of aromatic nitrogens is 2. The molecule has 2 aliphatic rings. The molecule has 3 amide bonds. The van der Waals surface area contributed by atoms with Crippen molar-refractivity contribution in [2.24, 2.45) is 0 Å². The Morgan fingerprint density at radius 1 is 1.10 bits per heavy atom. The second kappa shape index (κ2) is 7.29. The third kappa shape index (κ3) is 3.10. The van der Waals surface area contributed by atoms with Gasteiger partial charge in [-0.1, -0.05) is 12.8 Å². The molecule has 0 spiro atoms. The Hall–Kier alpha value is -3.68. The Morgan fingerprint density at radius 2 is 1.90 bits per heavy atom. The first-order valence-electron chi connectivity index (χ1n) is 9.99. The highest BCUT2D eigenvalue weighted by molar-refractivity contribution is 6.22. The second-order valence-corrected chi connectivity index (χ2v) is 7.59. The fraction of sp³-hybridized carbons (Fsp3) is 0.273. The third-order valence-corrected chi connectivity index (χ3v) is 5.71. The van der Waals surface area contributed by atoms with Crippen molar-refractivity contribution in [2.45, 2.75) is 38.3 Å². The van der Waals surface area contributed by atoms with Gasteiger partial charge in [-0.25, -0.2) is 4.68 Å². The summed E-state index contributed by atoms with van der Waals surface area (Å²) in [6, 6.07) is 10.0. The molecule has 0 saturated heterocycles. The molecule has 0 bridgehead atoms. The van der Waals surface area contributed by atoms with E-state index >= 15 is 0 Å². The van der Waals surface area contributed by atoms with Crippen LogP contribution < -0.4 is 5.32 Å². The van der Waals surface area contributed by atoms with E-state index < -0.39 is 11.8 Å². The number of hydrogen-bond donors (Lipinski definition) is 1. The highest BCUT2D eigenvalue weighted by Gasteiger charge is 2.36. The number of hydrogen-bond acceptors (Lipinski definition) is 5. The molecule has 5 rings (SSSR count). The molecule has 0 unspecified atom stereocenters. The number of benzene rings is 1. The number of carbonyl (C=O) groups excluding carboxylic acids is 3. The molecule has 3 aromatic rings. The van der Waals surface area contributed by atoms with Crippen LogP contribution in [0, 0.1) is 0 Å². The monoisotopic (exact) mass is 404 g/mol. The van der Waals surface area contributed by atoms with Gasteiger partial charge in [0.2, 0.25) is 0 Å².